The van der Waals surface area contributed by atoms with E-state index >= 15 is 0 Å². The van der Waals surface area contributed by atoms with Gasteiger partial charge in [-0.25, -0.2) is 0 Å². The quantitative estimate of drug-likeness (QED) is 0.177. The molecule has 0 N–H and O–H groups in total. The van der Waals surface area contributed by atoms with E-state index in [0.717, 1.165) is 110 Å². The molecule has 0 amide bonds. The van der Waals surface area contributed by atoms with Gasteiger partial charge in [-0.1, -0.05) is 140 Å². The van der Waals surface area contributed by atoms with Gasteiger partial charge in [0.25, 0.3) is 0 Å². The minimum Gasteiger partial charge on any atom is -0.312 e. The van der Waals surface area contributed by atoms with E-state index < -0.39 is 5.92 Å². The summed E-state index contributed by atoms with van der Waals surface area (Å²) in [6, 6.07) is 74.4. The van der Waals surface area contributed by atoms with Crippen LogP contribution in [0.1, 0.15) is 6.92 Å². The van der Waals surface area contributed by atoms with Crippen LogP contribution in [0.5, 0.6) is 0 Å². The lowest BCUT2D eigenvalue weighted by molar-refractivity contribution is 0.609. The molecule has 67 heavy (non-hydrogen) atoms. The van der Waals surface area contributed by atoms with E-state index in [-0.39, 0.29) is 5.92 Å². The first-order chi connectivity index (χ1) is 33.1. The molecule has 4 heterocycles. The summed E-state index contributed by atoms with van der Waals surface area (Å²) < 4.78 is 9.30. The van der Waals surface area contributed by atoms with Gasteiger partial charge in [0.1, 0.15) is 6.07 Å². The lowest BCUT2D eigenvalue weighted by Gasteiger charge is -2.31. The number of nitrogens with zero attached hydrogens (tertiary/aromatic N) is 6. The molecule has 2 atom stereocenters. The third kappa shape index (κ3) is 5.02. The van der Waals surface area contributed by atoms with Crippen LogP contribution in [0.15, 0.2) is 206 Å². The van der Waals surface area contributed by atoms with Crippen molar-refractivity contribution in [2.24, 2.45) is 11.8 Å². The van der Waals surface area contributed by atoms with Crippen LogP contribution in [0, 0.1) is 34.5 Å². The molecule has 13 aromatic rings. The largest absolute Gasteiger partial charge is 0.312 e. The molecule has 0 saturated carbocycles. The van der Waals surface area contributed by atoms with Gasteiger partial charge >= 0.3 is 0 Å². The highest BCUT2D eigenvalue weighted by Gasteiger charge is 2.36. The molecular weight excluding hydrogens is 817 g/mol. The SMILES string of the molecule is C[C@@H]1C(n2c3ccccc3c3ccc4c5ccccc5n(-c5ccccc5)c4c32)=C(C#N)C=C(n2c3ccc(-n4c5ccccc5c5ccccc54)cc3c3c4ccccc4ccc32)[C@@H]1C#N. The third-order valence-corrected chi connectivity index (χ3v) is 14.5. The standard InChI is InChI=1S/C61H38N6/c1-37-50(36-63)57(66-55-32-28-41(34-49(55)58-42-18-6-5-15-38(42)27-31-56(58)66)64-51-23-11-7-19-43(51)44-20-8-12-24-52(44)64)33-39(35-62)59(37)67-54-26-14-10-22-46(54)48-30-29-47-45-21-9-13-25-53(45)65(60(47)61(48)67)40-16-3-2-4-17-40/h2-34,37,50H,1H3/t37-,50+/m0/s1. The fraction of sp³-hybridized carbons (Fsp3) is 0.0492. The smallest absolute Gasteiger partial charge is 0.101 e. The van der Waals surface area contributed by atoms with Gasteiger partial charge < -0.3 is 18.3 Å². The topological polar surface area (TPSA) is 67.3 Å². The average Bonchev–Trinajstić information content (AvgIpc) is 4.11. The summed E-state index contributed by atoms with van der Waals surface area (Å²) in [5, 5.41) is 34.4. The van der Waals surface area contributed by atoms with E-state index in [1.54, 1.807) is 0 Å². The predicted octanol–water partition coefficient (Wildman–Crippen LogP) is 15.3. The molecule has 1 aliphatic rings. The molecule has 0 saturated heterocycles. The monoisotopic (exact) mass is 854 g/mol. The number of aromatic nitrogens is 4. The van der Waals surface area contributed by atoms with Crippen LogP contribution in [0.2, 0.25) is 0 Å². The van der Waals surface area contributed by atoms with Crippen molar-refractivity contribution in [2.75, 3.05) is 0 Å². The second kappa shape index (κ2) is 13.9. The van der Waals surface area contributed by atoms with Crippen molar-refractivity contribution in [1.29, 1.82) is 10.5 Å². The molecule has 9 aromatic carbocycles. The van der Waals surface area contributed by atoms with Crippen molar-refractivity contribution in [3.63, 3.8) is 0 Å². The molecule has 6 nitrogen and oxygen atoms in total. The van der Waals surface area contributed by atoms with Gasteiger partial charge in [-0.2, -0.15) is 10.5 Å². The molecule has 0 spiro atoms. The Morgan fingerprint density at radius 1 is 0.403 bits per heavy atom. The Bertz CT molecular complexity index is 4390. The van der Waals surface area contributed by atoms with E-state index in [9.17, 15) is 10.5 Å². The normalized spacial score (nSPS) is 15.5. The van der Waals surface area contributed by atoms with Crippen molar-refractivity contribution >= 4 is 109 Å². The molecule has 0 aliphatic heterocycles. The number of fused-ring (bicyclic) bond motifs is 15. The van der Waals surface area contributed by atoms with E-state index in [1.807, 2.05) is 12.1 Å². The predicted molar refractivity (Wildman–Crippen MR) is 276 cm³/mol. The van der Waals surface area contributed by atoms with Crippen molar-refractivity contribution in [3.8, 4) is 23.5 Å². The lowest BCUT2D eigenvalue weighted by atomic mass is 9.82. The molecule has 14 rings (SSSR count). The van der Waals surface area contributed by atoms with E-state index in [0.29, 0.717) is 5.57 Å². The van der Waals surface area contributed by atoms with Gasteiger partial charge in [-0.3, -0.25) is 0 Å². The van der Waals surface area contributed by atoms with Crippen LogP contribution in [-0.2, 0) is 0 Å². The Balaban J connectivity index is 1.08. The first-order valence-corrected chi connectivity index (χ1v) is 22.8. The summed E-state index contributed by atoms with van der Waals surface area (Å²) in [6.07, 6.45) is 2.01. The Labute approximate surface area is 384 Å². The molecule has 0 radical (unpaired) electrons. The highest BCUT2D eigenvalue weighted by atomic mass is 15.1. The van der Waals surface area contributed by atoms with E-state index in [2.05, 4.69) is 225 Å². The van der Waals surface area contributed by atoms with E-state index in [1.165, 1.54) is 10.8 Å². The molecule has 4 aromatic heterocycles. The van der Waals surface area contributed by atoms with Gasteiger partial charge in [0, 0.05) is 71.8 Å². The number of para-hydroxylation sites is 5. The number of benzene rings is 9. The van der Waals surface area contributed by atoms with Gasteiger partial charge in [0.05, 0.1) is 61.7 Å². The van der Waals surface area contributed by atoms with Crippen LogP contribution >= 0.6 is 0 Å². The van der Waals surface area contributed by atoms with E-state index in [4.69, 9.17) is 0 Å². The number of hydrogen-bond acceptors (Lipinski definition) is 2. The number of hydrogen-bond donors (Lipinski definition) is 0. The van der Waals surface area contributed by atoms with Crippen LogP contribution < -0.4 is 0 Å². The molecule has 312 valence electrons. The Morgan fingerprint density at radius 2 is 0.910 bits per heavy atom. The maximum absolute atomic E-state index is 11.6. The maximum Gasteiger partial charge on any atom is 0.101 e. The maximum atomic E-state index is 11.6. The van der Waals surface area contributed by atoms with Crippen LogP contribution in [0.25, 0.3) is 121 Å². The van der Waals surface area contributed by atoms with Crippen LogP contribution in [0.4, 0.5) is 0 Å². The fourth-order valence-corrected chi connectivity index (χ4v) is 11.8. The summed E-state index contributed by atoms with van der Waals surface area (Å²) in [7, 11) is 0. The first kappa shape index (κ1) is 37.3. The molecule has 0 unspecified atom stereocenters. The number of nitriles is 2. The number of allylic oxidation sites excluding steroid dienone is 4. The average molecular weight is 855 g/mol. The molecule has 6 heteroatoms. The minimum absolute atomic E-state index is 0.381. The lowest BCUT2D eigenvalue weighted by Crippen LogP contribution is -2.24. The van der Waals surface area contributed by atoms with Crippen molar-refractivity contribution in [2.45, 2.75) is 6.92 Å². The van der Waals surface area contributed by atoms with Crippen LogP contribution in [-0.4, -0.2) is 18.3 Å². The molecule has 0 fully saturated rings. The molecule has 0 bridgehead atoms. The van der Waals surface area contributed by atoms with Crippen molar-refractivity contribution in [1.82, 2.24) is 18.3 Å². The first-order valence-electron chi connectivity index (χ1n) is 22.8. The van der Waals surface area contributed by atoms with Gasteiger partial charge in [-0.15, -0.1) is 0 Å². The summed E-state index contributed by atoms with van der Waals surface area (Å²) >= 11 is 0. The zero-order valence-corrected chi connectivity index (χ0v) is 36.4. The molecule has 1 aliphatic carbocycles. The summed E-state index contributed by atoms with van der Waals surface area (Å²) in [4.78, 5) is 0. The Morgan fingerprint density at radius 3 is 1.54 bits per heavy atom. The fourth-order valence-electron chi connectivity index (χ4n) is 11.8. The summed E-state index contributed by atoms with van der Waals surface area (Å²) in [5.74, 6) is -0.988. The van der Waals surface area contributed by atoms with Gasteiger partial charge in [-0.05, 0) is 77.5 Å². The summed E-state index contributed by atoms with van der Waals surface area (Å²) in [6.45, 7) is 2.13. The van der Waals surface area contributed by atoms with Gasteiger partial charge in [0.2, 0.25) is 0 Å². The van der Waals surface area contributed by atoms with Crippen molar-refractivity contribution in [3.05, 3.63) is 206 Å². The second-order valence-corrected chi connectivity index (χ2v) is 17.9. The highest BCUT2D eigenvalue weighted by molar-refractivity contribution is 6.25. The highest BCUT2D eigenvalue weighted by Crippen LogP contribution is 2.49. The Hall–Kier alpha value is -9.10. The molecular formula is C61H38N6. The second-order valence-electron chi connectivity index (χ2n) is 17.9. The van der Waals surface area contributed by atoms with Crippen LogP contribution in [0.3, 0.4) is 0 Å². The van der Waals surface area contributed by atoms with Crippen molar-refractivity contribution < 1.29 is 0 Å². The van der Waals surface area contributed by atoms with Gasteiger partial charge in [0.15, 0.2) is 0 Å². The number of rotatable bonds is 4. The zero-order valence-electron chi connectivity index (χ0n) is 36.4. The third-order valence-electron chi connectivity index (χ3n) is 14.5. The zero-order chi connectivity index (χ0) is 44.5. The minimum atomic E-state index is -0.607. The summed E-state index contributed by atoms with van der Waals surface area (Å²) in [5.41, 5.74) is 12.7. The Kier molecular flexibility index (Phi) is 7.76.